The second kappa shape index (κ2) is 8.75. The maximum absolute atomic E-state index is 13.2. The van der Waals surface area contributed by atoms with Crippen molar-refractivity contribution in [2.75, 3.05) is 18.5 Å². The molecule has 0 unspecified atom stereocenters. The molecule has 2 aromatic heterocycles. The van der Waals surface area contributed by atoms with Gasteiger partial charge in [0, 0.05) is 29.8 Å². The number of fused-ring (bicyclic) bond motifs is 1. The van der Waals surface area contributed by atoms with Gasteiger partial charge >= 0.3 is 12.3 Å². The minimum atomic E-state index is -3.70. The van der Waals surface area contributed by atoms with Crippen molar-refractivity contribution in [3.8, 4) is 27.8 Å². The van der Waals surface area contributed by atoms with Gasteiger partial charge in [0.05, 0.1) is 17.2 Å². The average molecular weight is 484 g/mol. The Bertz CT molecular complexity index is 1170. The molecule has 1 aliphatic rings. The number of aromatic nitrogens is 2. The monoisotopic (exact) mass is 483 g/mol. The Hall–Kier alpha value is -3.18. The SMILES string of the molecule is CCOc1cc(-c2cc(NCCc3cc4c(cc3Cl)OC(F)(F)O4)ncn2)sc1C(=O)O. The zero-order valence-corrected chi connectivity index (χ0v) is 18.1. The summed E-state index contributed by atoms with van der Waals surface area (Å²) in [6, 6.07) is 6.02. The van der Waals surface area contributed by atoms with E-state index in [2.05, 4.69) is 24.8 Å². The van der Waals surface area contributed by atoms with E-state index in [0.29, 0.717) is 41.5 Å². The summed E-state index contributed by atoms with van der Waals surface area (Å²) in [4.78, 5) is 20.5. The van der Waals surface area contributed by atoms with Crippen LogP contribution in [0.2, 0.25) is 5.02 Å². The Morgan fingerprint density at radius 1 is 1.25 bits per heavy atom. The third-order valence-corrected chi connectivity index (χ3v) is 5.86. The first-order valence-corrected chi connectivity index (χ1v) is 10.6. The van der Waals surface area contributed by atoms with Crippen LogP contribution in [0, 0.1) is 0 Å². The summed E-state index contributed by atoms with van der Waals surface area (Å²) in [7, 11) is 0. The van der Waals surface area contributed by atoms with Crippen molar-refractivity contribution in [3.63, 3.8) is 0 Å². The summed E-state index contributed by atoms with van der Waals surface area (Å²) in [5.74, 6) is -0.468. The molecule has 0 saturated carbocycles. The van der Waals surface area contributed by atoms with Gasteiger partial charge in [0.2, 0.25) is 0 Å². The summed E-state index contributed by atoms with van der Waals surface area (Å²) >= 11 is 7.22. The number of halogens is 3. The van der Waals surface area contributed by atoms with E-state index in [0.717, 1.165) is 11.3 Å². The number of nitrogens with one attached hydrogen (secondary N) is 1. The molecule has 0 atom stereocenters. The van der Waals surface area contributed by atoms with Gasteiger partial charge in [0.15, 0.2) is 16.4 Å². The number of hydrogen-bond acceptors (Lipinski definition) is 8. The minimum Gasteiger partial charge on any atom is -0.492 e. The lowest BCUT2D eigenvalue weighted by Crippen LogP contribution is -2.25. The quantitative estimate of drug-likeness (QED) is 0.465. The van der Waals surface area contributed by atoms with Gasteiger partial charge in [-0.15, -0.1) is 20.1 Å². The van der Waals surface area contributed by atoms with Crippen LogP contribution in [0.3, 0.4) is 0 Å². The Labute approximate surface area is 189 Å². The molecule has 4 rings (SSSR count). The molecular weight excluding hydrogens is 468 g/mol. The number of carboxylic acid groups (broad SMARTS) is 1. The van der Waals surface area contributed by atoms with Crippen molar-refractivity contribution >= 4 is 34.7 Å². The van der Waals surface area contributed by atoms with Gasteiger partial charge in [-0.2, -0.15) is 0 Å². The van der Waals surface area contributed by atoms with Gasteiger partial charge in [0.25, 0.3) is 0 Å². The fourth-order valence-corrected chi connectivity index (χ4v) is 4.19. The maximum atomic E-state index is 13.2. The van der Waals surface area contributed by atoms with Gasteiger partial charge < -0.3 is 24.6 Å². The van der Waals surface area contributed by atoms with E-state index >= 15 is 0 Å². The molecule has 2 N–H and O–H groups in total. The van der Waals surface area contributed by atoms with Crippen LogP contribution < -0.4 is 19.5 Å². The first-order chi connectivity index (χ1) is 15.3. The molecule has 3 aromatic rings. The number of benzene rings is 1. The van der Waals surface area contributed by atoms with Crippen molar-refractivity contribution < 1.29 is 32.9 Å². The summed E-state index contributed by atoms with van der Waals surface area (Å²) in [5, 5.41) is 12.7. The molecule has 32 heavy (non-hydrogen) atoms. The van der Waals surface area contributed by atoms with Crippen LogP contribution in [-0.2, 0) is 6.42 Å². The molecule has 0 bridgehead atoms. The first kappa shape index (κ1) is 22.0. The third kappa shape index (κ3) is 4.68. The normalized spacial score (nSPS) is 13.8. The predicted octanol–water partition coefficient (Wildman–Crippen LogP) is 4.93. The number of alkyl halides is 2. The summed E-state index contributed by atoms with van der Waals surface area (Å²) < 4.78 is 40.7. The van der Waals surface area contributed by atoms with E-state index in [1.54, 1.807) is 19.1 Å². The number of thiophene rings is 1. The van der Waals surface area contributed by atoms with Crippen molar-refractivity contribution in [2.45, 2.75) is 19.6 Å². The fourth-order valence-electron chi connectivity index (χ4n) is 3.03. The lowest BCUT2D eigenvalue weighted by Gasteiger charge is -2.08. The summed E-state index contributed by atoms with van der Waals surface area (Å²) in [5.41, 5.74) is 1.13. The first-order valence-electron chi connectivity index (χ1n) is 9.40. The fraction of sp³-hybridized carbons (Fsp3) is 0.250. The Morgan fingerprint density at radius 2 is 2.00 bits per heavy atom. The second-order valence-corrected chi connectivity index (χ2v) is 8.02. The van der Waals surface area contributed by atoms with E-state index in [1.165, 1.54) is 18.5 Å². The van der Waals surface area contributed by atoms with E-state index in [9.17, 15) is 18.7 Å². The minimum absolute atomic E-state index is 0.0734. The third-order valence-electron chi connectivity index (χ3n) is 4.38. The van der Waals surface area contributed by atoms with Crippen LogP contribution in [0.25, 0.3) is 10.6 Å². The highest BCUT2D eigenvalue weighted by atomic mass is 35.5. The molecule has 0 spiro atoms. The number of carboxylic acids is 1. The molecule has 3 heterocycles. The zero-order valence-electron chi connectivity index (χ0n) is 16.5. The number of rotatable bonds is 8. The second-order valence-electron chi connectivity index (χ2n) is 6.57. The van der Waals surface area contributed by atoms with Gasteiger partial charge in [-0.05, 0) is 25.0 Å². The lowest BCUT2D eigenvalue weighted by atomic mass is 10.1. The zero-order chi connectivity index (χ0) is 22.9. The molecular formula is C20H16ClF2N3O5S. The van der Waals surface area contributed by atoms with E-state index in [-0.39, 0.29) is 27.1 Å². The number of anilines is 1. The molecule has 0 amide bonds. The number of aromatic carboxylic acids is 1. The van der Waals surface area contributed by atoms with Crippen LogP contribution in [0.15, 0.2) is 30.6 Å². The van der Waals surface area contributed by atoms with E-state index in [4.69, 9.17) is 16.3 Å². The lowest BCUT2D eigenvalue weighted by molar-refractivity contribution is -0.286. The molecule has 0 radical (unpaired) electrons. The molecule has 0 aliphatic carbocycles. The van der Waals surface area contributed by atoms with Crippen LogP contribution in [0.1, 0.15) is 22.2 Å². The Morgan fingerprint density at radius 3 is 2.72 bits per heavy atom. The van der Waals surface area contributed by atoms with Gasteiger partial charge in [-0.1, -0.05) is 11.6 Å². The van der Waals surface area contributed by atoms with Crippen molar-refractivity contribution in [2.24, 2.45) is 0 Å². The molecule has 0 fully saturated rings. The highest BCUT2D eigenvalue weighted by Crippen LogP contribution is 2.43. The van der Waals surface area contributed by atoms with Crippen LogP contribution in [0.5, 0.6) is 17.2 Å². The Balaban J connectivity index is 1.45. The van der Waals surface area contributed by atoms with Crippen molar-refractivity contribution in [1.82, 2.24) is 9.97 Å². The molecule has 8 nitrogen and oxygen atoms in total. The highest BCUT2D eigenvalue weighted by molar-refractivity contribution is 7.17. The van der Waals surface area contributed by atoms with Crippen molar-refractivity contribution in [3.05, 3.63) is 46.1 Å². The Kier molecular flexibility index (Phi) is 6.02. The largest absolute Gasteiger partial charge is 0.586 e. The molecule has 0 saturated heterocycles. The van der Waals surface area contributed by atoms with Crippen LogP contribution in [-0.4, -0.2) is 40.5 Å². The van der Waals surface area contributed by atoms with Gasteiger partial charge in [-0.3, -0.25) is 0 Å². The maximum Gasteiger partial charge on any atom is 0.586 e. The predicted molar refractivity (Wildman–Crippen MR) is 113 cm³/mol. The van der Waals surface area contributed by atoms with Crippen LogP contribution in [0.4, 0.5) is 14.6 Å². The number of carbonyl (C=O) groups is 1. The molecule has 168 valence electrons. The van der Waals surface area contributed by atoms with E-state index in [1.807, 2.05) is 0 Å². The molecule has 1 aromatic carbocycles. The molecule has 1 aliphatic heterocycles. The number of ether oxygens (including phenoxy) is 3. The topological polar surface area (TPSA) is 103 Å². The summed E-state index contributed by atoms with van der Waals surface area (Å²) in [6.45, 7) is 2.50. The van der Waals surface area contributed by atoms with Gasteiger partial charge in [-0.25, -0.2) is 14.8 Å². The number of nitrogens with zero attached hydrogens (tertiary/aromatic N) is 2. The number of hydrogen-bond donors (Lipinski definition) is 2. The van der Waals surface area contributed by atoms with Gasteiger partial charge in [0.1, 0.15) is 17.9 Å². The van der Waals surface area contributed by atoms with Crippen LogP contribution >= 0.6 is 22.9 Å². The standard InChI is InChI=1S/C20H16ClF2N3O5S/c1-2-29-15-8-16(32-18(15)19(27)28)12-7-17(26-9-25-12)24-4-3-10-5-13-14(6-11(10)21)31-20(22,23)30-13/h5-9H,2-4H2,1H3,(H,27,28)(H,24,25,26). The van der Waals surface area contributed by atoms with Crippen molar-refractivity contribution in [1.29, 1.82) is 0 Å². The van der Waals surface area contributed by atoms with E-state index < -0.39 is 12.3 Å². The highest BCUT2D eigenvalue weighted by Gasteiger charge is 2.43. The smallest absolute Gasteiger partial charge is 0.492 e. The average Bonchev–Trinajstić information content (AvgIpc) is 3.28. The summed E-state index contributed by atoms with van der Waals surface area (Å²) in [6.07, 6.45) is -1.95. The molecule has 12 heteroatoms.